The molecule has 1 aliphatic heterocycles. The molecule has 0 aliphatic carbocycles. The minimum Gasteiger partial charge on any atom is -0.396 e. The molecule has 0 spiro atoms. The van der Waals surface area contributed by atoms with E-state index in [4.69, 9.17) is 10.7 Å². The van der Waals surface area contributed by atoms with Gasteiger partial charge in [-0.25, -0.2) is 4.98 Å². The summed E-state index contributed by atoms with van der Waals surface area (Å²) in [5.74, 6) is 1.01. The molecule has 1 unspecified atom stereocenters. The van der Waals surface area contributed by atoms with Crippen LogP contribution in [0.5, 0.6) is 0 Å². The van der Waals surface area contributed by atoms with Crippen molar-refractivity contribution in [3.63, 3.8) is 0 Å². The molecule has 112 valence electrons. The Kier molecular flexibility index (Phi) is 4.36. The summed E-state index contributed by atoms with van der Waals surface area (Å²) < 4.78 is 0. The summed E-state index contributed by atoms with van der Waals surface area (Å²) in [6.07, 6.45) is 4.34. The van der Waals surface area contributed by atoms with Gasteiger partial charge in [0.1, 0.15) is 5.82 Å². The molecule has 0 amide bonds. The van der Waals surface area contributed by atoms with Crippen LogP contribution in [0, 0.1) is 0 Å². The van der Waals surface area contributed by atoms with Crippen molar-refractivity contribution in [2.45, 2.75) is 38.3 Å². The van der Waals surface area contributed by atoms with E-state index in [0.29, 0.717) is 12.6 Å². The second-order valence-electron chi connectivity index (χ2n) is 5.72. The number of piperidine rings is 1. The Hall–Kier alpha value is -1.65. The average Bonchev–Trinajstić information content (AvgIpc) is 2.54. The fourth-order valence-electron chi connectivity index (χ4n) is 3.28. The van der Waals surface area contributed by atoms with Crippen LogP contribution >= 0.6 is 0 Å². The molecule has 0 bridgehead atoms. The van der Waals surface area contributed by atoms with Crippen molar-refractivity contribution in [2.75, 3.05) is 18.1 Å². The lowest BCUT2D eigenvalue weighted by molar-refractivity contribution is 0.262. The van der Waals surface area contributed by atoms with Gasteiger partial charge in [-0.2, -0.15) is 0 Å². The Morgan fingerprint density at radius 2 is 2.14 bits per heavy atom. The van der Waals surface area contributed by atoms with Gasteiger partial charge in [0.25, 0.3) is 0 Å². The highest BCUT2D eigenvalue weighted by molar-refractivity contribution is 5.81. The second kappa shape index (κ2) is 6.41. The largest absolute Gasteiger partial charge is 0.396 e. The van der Waals surface area contributed by atoms with Crippen LogP contribution < -0.4 is 10.6 Å². The van der Waals surface area contributed by atoms with Crippen LogP contribution in [0.15, 0.2) is 30.3 Å². The van der Waals surface area contributed by atoms with Gasteiger partial charge >= 0.3 is 0 Å². The number of aromatic nitrogens is 1. The highest BCUT2D eigenvalue weighted by Crippen LogP contribution is 2.30. The Balaban J connectivity index is 2.04. The Bertz CT molecular complexity index is 612. The topological polar surface area (TPSA) is 62.4 Å². The maximum Gasteiger partial charge on any atom is 0.134 e. The van der Waals surface area contributed by atoms with Gasteiger partial charge < -0.3 is 15.7 Å². The van der Waals surface area contributed by atoms with E-state index in [-0.39, 0.29) is 6.61 Å². The zero-order valence-corrected chi connectivity index (χ0v) is 12.3. The van der Waals surface area contributed by atoms with E-state index in [1.54, 1.807) is 0 Å². The smallest absolute Gasteiger partial charge is 0.134 e. The number of para-hydroxylation sites is 1. The molecule has 1 aromatic carbocycles. The first-order chi connectivity index (χ1) is 10.3. The molecule has 1 aliphatic rings. The first kappa shape index (κ1) is 14.3. The van der Waals surface area contributed by atoms with E-state index in [9.17, 15) is 5.11 Å². The summed E-state index contributed by atoms with van der Waals surface area (Å²) in [4.78, 5) is 7.22. The van der Waals surface area contributed by atoms with Gasteiger partial charge in [0, 0.05) is 36.7 Å². The molecule has 2 aromatic rings. The number of aliphatic hydroxyl groups is 1. The molecule has 0 radical (unpaired) electrons. The van der Waals surface area contributed by atoms with Gasteiger partial charge in [0.2, 0.25) is 0 Å². The molecule has 0 saturated carbocycles. The van der Waals surface area contributed by atoms with Crippen molar-refractivity contribution in [3.05, 3.63) is 35.9 Å². The van der Waals surface area contributed by atoms with Crippen molar-refractivity contribution < 1.29 is 5.11 Å². The zero-order chi connectivity index (χ0) is 14.7. The number of benzene rings is 1. The molecule has 2 heterocycles. The summed E-state index contributed by atoms with van der Waals surface area (Å²) in [7, 11) is 0. The number of hydrogen-bond donors (Lipinski definition) is 2. The first-order valence-corrected chi connectivity index (χ1v) is 7.79. The maximum atomic E-state index is 9.31. The molecule has 3 rings (SSSR count). The number of hydrogen-bond acceptors (Lipinski definition) is 4. The molecule has 1 atom stereocenters. The number of fused-ring (bicyclic) bond motifs is 1. The van der Waals surface area contributed by atoms with Crippen molar-refractivity contribution in [2.24, 2.45) is 5.73 Å². The monoisotopic (exact) mass is 285 g/mol. The number of anilines is 1. The molecule has 4 nitrogen and oxygen atoms in total. The SMILES string of the molecule is NCc1cc2ccccc2nc1N1CCCCC1CCO. The molecular formula is C17H23N3O. The summed E-state index contributed by atoms with van der Waals surface area (Å²) in [5, 5.41) is 10.4. The van der Waals surface area contributed by atoms with Gasteiger partial charge in [-0.15, -0.1) is 0 Å². The van der Waals surface area contributed by atoms with Gasteiger partial charge in [-0.05, 0) is 37.8 Å². The lowest BCUT2D eigenvalue weighted by Gasteiger charge is -2.37. The molecule has 21 heavy (non-hydrogen) atoms. The van der Waals surface area contributed by atoms with Crippen molar-refractivity contribution in [1.29, 1.82) is 0 Å². The Morgan fingerprint density at radius 3 is 2.95 bits per heavy atom. The van der Waals surface area contributed by atoms with Crippen molar-refractivity contribution in [1.82, 2.24) is 4.98 Å². The molecule has 4 heteroatoms. The fourth-order valence-corrected chi connectivity index (χ4v) is 3.28. The summed E-state index contributed by atoms with van der Waals surface area (Å²) >= 11 is 0. The number of rotatable bonds is 4. The zero-order valence-electron chi connectivity index (χ0n) is 12.3. The number of pyridine rings is 1. The van der Waals surface area contributed by atoms with Gasteiger partial charge in [-0.1, -0.05) is 18.2 Å². The third kappa shape index (κ3) is 2.87. The lowest BCUT2D eigenvalue weighted by Crippen LogP contribution is -2.41. The standard InChI is InChI=1S/C17H23N3O/c18-12-14-11-13-5-1-2-7-16(13)19-17(14)20-9-4-3-6-15(20)8-10-21/h1-2,5,7,11,15,21H,3-4,6,8-10,12,18H2. The number of nitrogens with two attached hydrogens (primary N) is 1. The number of aliphatic hydroxyl groups excluding tert-OH is 1. The van der Waals surface area contributed by atoms with Crippen molar-refractivity contribution in [3.8, 4) is 0 Å². The normalized spacial score (nSPS) is 19.1. The summed E-state index contributed by atoms with van der Waals surface area (Å²) in [6.45, 7) is 1.73. The van der Waals surface area contributed by atoms with Crippen molar-refractivity contribution >= 4 is 16.7 Å². The van der Waals surface area contributed by atoms with Crippen LogP contribution in [-0.2, 0) is 6.54 Å². The summed E-state index contributed by atoms with van der Waals surface area (Å²) in [5.41, 5.74) is 8.06. The Labute approximate surface area is 125 Å². The van der Waals surface area contributed by atoms with Crippen LogP contribution in [0.3, 0.4) is 0 Å². The van der Waals surface area contributed by atoms with Crippen LogP contribution in [0.4, 0.5) is 5.82 Å². The first-order valence-electron chi connectivity index (χ1n) is 7.79. The van der Waals surface area contributed by atoms with Gasteiger partial charge in [0.05, 0.1) is 5.52 Å². The third-order valence-electron chi connectivity index (χ3n) is 4.36. The van der Waals surface area contributed by atoms with E-state index in [1.807, 2.05) is 18.2 Å². The predicted molar refractivity (Wildman–Crippen MR) is 86.3 cm³/mol. The molecule has 1 fully saturated rings. The Morgan fingerprint density at radius 1 is 1.29 bits per heavy atom. The fraction of sp³-hybridized carbons (Fsp3) is 0.471. The minimum atomic E-state index is 0.229. The molecule has 3 N–H and O–H groups in total. The lowest BCUT2D eigenvalue weighted by atomic mass is 9.98. The maximum absolute atomic E-state index is 9.31. The van der Waals surface area contributed by atoms with E-state index >= 15 is 0 Å². The highest BCUT2D eigenvalue weighted by Gasteiger charge is 2.25. The van der Waals surface area contributed by atoms with Gasteiger partial charge in [-0.3, -0.25) is 0 Å². The molecular weight excluding hydrogens is 262 g/mol. The van der Waals surface area contributed by atoms with E-state index < -0.39 is 0 Å². The van der Waals surface area contributed by atoms with E-state index in [1.165, 1.54) is 12.8 Å². The van der Waals surface area contributed by atoms with Crippen LogP contribution in [0.1, 0.15) is 31.2 Å². The average molecular weight is 285 g/mol. The predicted octanol–water partition coefficient (Wildman–Crippen LogP) is 2.43. The highest BCUT2D eigenvalue weighted by atomic mass is 16.3. The number of nitrogens with zero attached hydrogens (tertiary/aromatic N) is 2. The molecule has 1 aromatic heterocycles. The van der Waals surface area contributed by atoms with E-state index in [2.05, 4.69) is 17.0 Å². The van der Waals surface area contributed by atoms with Gasteiger partial charge in [0.15, 0.2) is 0 Å². The second-order valence-corrected chi connectivity index (χ2v) is 5.72. The van der Waals surface area contributed by atoms with Crippen LogP contribution in [0.2, 0.25) is 0 Å². The van der Waals surface area contributed by atoms with E-state index in [0.717, 1.165) is 41.7 Å². The van der Waals surface area contributed by atoms with Crippen LogP contribution in [0.25, 0.3) is 10.9 Å². The molecule has 1 saturated heterocycles. The minimum absolute atomic E-state index is 0.229. The third-order valence-corrected chi connectivity index (χ3v) is 4.36. The summed E-state index contributed by atoms with van der Waals surface area (Å²) in [6, 6.07) is 10.7. The van der Waals surface area contributed by atoms with Crippen LogP contribution in [-0.4, -0.2) is 29.3 Å². The quantitative estimate of drug-likeness (QED) is 0.905.